The van der Waals surface area contributed by atoms with Gasteiger partial charge in [-0.3, -0.25) is 0 Å². The van der Waals surface area contributed by atoms with E-state index in [4.69, 9.17) is 18.1 Å². The number of hydrogen-bond acceptors (Lipinski definition) is 4. The summed E-state index contributed by atoms with van der Waals surface area (Å²) in [5, 5.41) is 19.7. The summed E-state index contributed by atoms with van der Waals surface area (Å²) in [6.07, 6.45) is 0. The van der Waals surface area contributed by atoms with Crippen LogP contribution in [0.25, 0.3) is 142 Å². The molecule has 0 radical (unpaired) electrons. The molecule has 1 fully saturated rings. The largest absolute Gasteiger partial charge is 0.494 e. The van der Waals surface area contributed by atoms with E-state index < -0.39 is 0 Å². The topological polar surface area (TPSA) is 44.7 Å². The fraction of sp³-hybridized carbons (Fsp3) is 0.0769. The van der Waals surface area contributed by atoms with Gasteiger partial charge in [0.25, 0.3) is 0 Å². The predicted octanol–water partition coefficient (Wildman–Crippen LogP) is 21.8. The average molecular weight is 1150 g/mol. The highest BCUT2D eigenvalue weighted by Crippen LogP contribution is 2.46. The van der Waals surface area contributed by atoms with Crippen LogP contribution in [0, 0.1) is 0 Å². The van der Waals surface area contributed by atoms with E-state index >= 15 is 0 Å². The van der Waals surface area contributed by atoms with E-state index in [2.05, 4.69) is 268 Å². The molecule has 402 valence electrons. The maximum absolute atomic E-state index is 6.13. The number of furan rings is 2. The summed E-state index contributed by atoms with van der Waals surface area (Å²) >= 11 is 3.83. The molecule has 17 rings (SSSR count). The van der Waals surface area contributed by atoms with Crippen LogP contribution < -0.4 is 5.46 Å². The van der Waals surface area contributed by atoms with E-state index in [0.717, 1.165) is 49.3 Å². The van der Waals surface area contributed by atoms with Crippen LogP contribution >= 0.6 is 15.9 Å². The lowest BCUT2D eigenvalue weighted by Gasteiger charge is -2.32. The third-order valence-electron chi connectivity index (χ3n) is 17.5. The van der Waals surface area contributed by atoms with Gasteiger partial charge in [0.2, 0.25) is 0 Å². The Bertz CT molecular complexity index is 5130. The molecule has 3 heterocycles. The summed E-state index contributed by atoms with van der Waals surface area (Å²) in [5.74, 6) is 0. The lowest BCUT2D eigenvalue weighted by molar-refractivity contribution is 0.00578. The zero-order valence-corrected chi connectivity index (χ0v) is 48.6. The Morgan fingerprint density at radius 1 is 0.274 bits per heavy atom. The quantitative estimate of drug-likeness (QED) is 0.130. The fourth-order valence-corrected chi connectivity index (χ4v) is 13.3. The van der Waals surface area contributed by atoms with Crippen molar-refractivity contribution in [2.45, 2.75) is 38.9 Å². The first-order chi connectivity index (χ1) is 41.0. The molecule has 16 aromatic rings. The Kier molecular flexibility index (Phi) is 12.6. The van der Waals surface area contributed by atoms with Gasteiger partial charge in [0, 0.05) is 26.0 Å². The van der Waals surface area contributed by atoms with Crippen molar-refractivity contribution in [3.63, 3.8) is 0 Å². The number of benzene rings is 14. The molecule has 1 aliphatic heterocycles. The summed E-state index contributed by atoms with van der Waals surface area (Å²) in [4.78, 5) is 0. The molecule has 4 nitrogen and oxygen atoms in total. The van der Waals surface area contributed by atoms with Crippen molar-refractivity contribution in [3.05, 3.63) is 271 Å². The Labute approximate surface area is 495 Å². The van der Waals surface area contributed by atoms with E-state index in [-0.39, 0.29) is 18.3 Å². The molecule has 0 N–H and O–H groups in total. The minimum Gasteiger partial charge on any atom is -0.456 e. The van der Waals surface area contributed by atoms with Gasteiger partial charge in [-0.1, -0.05) is 224 Å². The summed E-state index contributed by atoms with van der Waals surface area (Å²) in [7, 11) is -0.344. The van der Waals surface area contributed by atoms with Gasteiger partial charge >= 0.3 is 7.12 Å². The van der Waals surface area contributed by atoms with Crippen molar-refractivity contribution in [2.24, 2.45) is 0 Å². The second kappa shape index (κ2) is 20.5. The third-order valence-corrected chi connectivity index (χ3v) is 18.3. The molecule has 0 aliphatic carbocycles. The zero-order valence-electron chi connectivity index (χ0n) is 47.0. The highest BCUT2D eigenvalue weighted by atomic mass is 79.9. The molecule has 0 atom stereocenters. The molecule has 0 bridgehead atoms. The maximum atomic E-state index is 6.13. The monoisotopic (exact) mass is 1150 g/mol. The number of para-hydroxylation sites is 2. The molecule has 2 aromatic heterocycles. The number of rotatable bonds is 4. The molecule has 0 unspecified atom stereocenters. The van der Waals surface area contributed by atoms with Crippen molar-refractivity contribution in [2.75, 3.05) is 0 Å². The second-order valence-electron chi connectivity index (χ2n) is 23.0. The van der Waals surface area contributed by atoms with Crippen LogP contribution in [0.3, 0.4) is 0 Å². The first-order valence-electron chi connectivity index (χ1n) is 28.7. The van der Waals surface area contributed by atoms with Gasteiger partial charge in [0.1, 0.15) is 22.3 Å². The van der Waals surface area contributed by atoms with Crippen molar-refractivity contribution in [3.8, 4) is 33.4 Å². The van der Waals surface area contributed by atoms with E-state index in [1.165, 1.54) is 102 Å². The van der Waals surface area contributed by atoms with E-state index in [9.17, 15) is 0 Å². The predicted molar refractivity (Wildman–Crippen MR) is 359 cm³/mol. The normalized spacial score (nSPS) is 13.8. The van der Waals surface area contributed by atoms with Crippen LogP contribution in [0.5, 0.6) is 0 Å². The smallest absolute Gasteiger partial charge is 0.456 e. The Morgan fingerprint density at radius 2 is 0.583 bits per heavy atom. The lowest BCUT2D eigenvalue weighted by atomic mass is 9.78. The first-order valence-corrected chi connectivity index (χ1v) is 29.5. The van der Waals surface area contributed by atoms with Gasteiger partial charge in [-0.2, -0.15) is 0 Å². The second-order valence-corrected chi connectivity index (χ2v) is 23.8. The molecule has 84 heavy (non-hydrogen) atoms. The van der Waals surface area contributed by atoms with Gasteiger partial charge in [0.05, 0.1) is 11.2 Å². The molecule has 6 heteroatoms. The van der Waals surface area contributed by atoms with Crippen LogP contribution in [-0.4, -0.2) is 18.3 Å². The van der Waals surface area contributed by atoms with Crippen molar-refractivity contribution in [1.29, 1.82) is 0 Å². The molecule has 0 spiro atoms. The van der Waals surface area contributed by atoms with Gasteiger partial charge in [0.15, 0.2) is 0 Å². The summed E-state index contributed by atoms with van der Waals surface area (Å²) in [6, 6.07) is 94.7. The van der Waals surface area contributed by atoms with Crippen LogP contribution in [0.1, 0.15) is 27.7 Å². The van der Waals surface area contributed by atoms with Crippen LogP contribution in [-0.2, 0) is 9.31 Å². The van der Waals surface area contributed by atoms with Crippen LogP contribution in [0.4, 0.5) is 0 Å². The van der Waals surface area contributed by atoms with Crippen LogP contribution in [0.2, 0.25) is 0 Å². The fourth-order valence-electron chi connectivity index (χ4n) is 12.6. The average Bonchev–Trinajstić information content (AvgIpc) is 1.45. The van der Waals surface area contributed by atoms with Gasteiger partial charge in [-0.15, -0.1) is 0 Å². The minimum absolute atomic E-state index is 0.328. The standard InChI is InChI=1S/C36H22O.C24H15Br.C18H19BO3/c1-2-10-24-21-25(18-17-23(24)9-1)35-28-12-3-5-14-30(28)36(31-15-6-4-13-29(31)35)26-19-20-34-32(22-26)27-11-7-8-16-33(27)37-34;25-24-21-11-5-3-9-19(21)23(20-10-4-6-12-22(20)24)18-14-13-16-7-1-2-8-17(16)15-18;1-17(2)18(3,4)22-19(21-17)12-9-10-16-14(11-12)13-7-5-6-8-15(13)20-16/h1-22H;1-15H;5-11H,1-4H3. The summed E-state index contributed by atoms with van der Waals surface area (Å²) in [5.41, 5.74) is 11.6. The maximum Gasteiger partial charge on any atom is 0.494 e. The molecular formula is C78H56BBrO4. The first kappa shape index (κ1) is 51.6. The lowest BCUT2D eigenvalue weighted by Crippen LogP contribution is -2.41. The van der Waals surface area contributed by atoms with Gasteiger partial charge < -0.3 is 18.1 Å². The number of hydrogen-bond donors (Lipinski definition) is 0. The number of fused-ring (bicyclic) bond motifs is 12. The SMILES string of the molecule is Brc1c2ccccc2c(-c2ccc3ccccc3c2)c2ccccc12.CC1(C)OB(c2ccc3oc4ccccc4c3c2)OC1(C)C.c1ccc2cc(-c3c4ccccc4c(-c4ccc5oc6ccccc6c5c4)c4ccccc34)ccc2c1. The molecule has 14 aromatic carbocycles. The minimum atomic E-state index is -0.344. The summed E-state index contributed by atoms with van der Waals surface area (Å²) in [6.45, 7) is 8.27. The van der Waals surface area contributed by atoms with E-state index in [1.807, 2.05) is 42.5 Å². The Balaban J connectivity index is 0.000000112. The molecule has 0 saturated carbocycles. The van der Waals surface area contributed by atoms with Crippen LogP contribution in [0.15, 0.2) is 280 Å². The Morgan fingerprint density at radius 3 is 1.02 bits per heavy atom. The molecular weight excluding hydrogens is 1090 g/mol. The third kappa shape index (κ3) is 8.83. The van der Waals surface area contributed by atoms with Gasteiger partial charge in [-0.25, -0.2) is 0 Å². The van der Waals surface area contributed by atoms with E-state index in [1.54, 1.807) is 0 Å². The van der Waals surface area contributed by atoms with Gasteiger partial charge in [-0.05, 0) is 190 Å². The van der Waals surface area contributed by atoms with Crippen molar-refractivity contribution < 1.29 is 18.1 Å². The molecule has 1 aliphatic rings. The van der Waals surface area contributed by atoms with Crippen molar-refractivity contribution >= 4 is 137 Å². The number of halogens is 1. The molecule has 1 saturated heterocycles. The zero-order chi connectivity index (χ0) is 56.7. The summed E-state index contributed by atoms with van der Waals surface area (Å²) < 4.78 is 25.4. The Hall–Kier alpha value is -9.30. The molecule has 0 amide bonds. The highest BCUT2D eigenvalue weighted by Gasteiger charge is 2.51. The highest BCUT2D eigenvalue weighted by molar-refractivity contribution is 9.10. The van der Waals surface area contributed by atoms with E-state index in [0.29, 0.717) is 0 Å². The van der Waals surface area contributed by atoms with Crippen molar-refractivity contribution in [1.82, 2.24) is 0 Å².